The van der Waals surface area contributed by atoms with Crippen LogP contribution in [0.1, 0.15) is 11.1 Å². The maximum Gasteiger partial charge on any atom is 0.416 e. The van der Waals surface area contributed by atoms with Crippen LogP contribution in [0.4, 0.5) is 18.9 Å². The Balaban J connectivity index is 1.85. The molecule has 4 rings (SSSR count). The molecule has 0 bridgehead atoms. The predicted molar refractivity (Wildman–Crippen MR) is 103 cm³/mol. The number of fused-ring (bicyclic) bond motifs is 3. The van der Waals surface area contributed by atoms with Crippen molar-refractivity contribution in [2.75, 3.05) is 0 Å². The second-order valence-corrected chi connectivity index (χ2v) is 6.54. The molecule has 0 aliphatic rings. The quantitative estimate of drug-likeness (QED) is 0.178. The highest BCUT2D eigenvalue weighted by molar-refractivity contribution is 6.05. The molecule has 1 heterocycles. The Hall–Kier alpha value is -3.88. The van der Waals surface area contributed by atoms with E-state index in [1.807, 2.05) is 0 Å². The Labute approximate surface area is 166 Å². The van der Waals surface area contributed by atoms with Crippen LogP contribution in [0, 0.1) is 17.0 Å². The molecule has 0 amide bonds. The van der Waals surface area contributed by atoms with Gasteiger partial charge in [-0.25, -0.2) is 4.79 Å². The zero-order chi connectivity index (χ0) is 21.6. The first-order valence-electron chi connectivity index (χ1n) is 8.65. The summed E-state index contributed by atoms with van der Waals surface area (Å²) in [4.78, 5) is 22.6. The van der Waals surface area contributed by atoms with Crippen LogP contribution in [0.2, 0.25) is 0 Å². The van der Waals surface area contributed by atoms with E-state index in [0.29, 0.717) is 33.9 Å². The van der Waals surface area contributed by atoms with E-state index in [1.165, 1.54) is 6.07 Å². The van der Waals surface area contributed by atoms with Crippen molar-refractivity contribution in [3.63, 3.8) is 0 Å². The zero-order valence-corrected chi connectivity index (χ0v) is 15.3. The Morgan fingerprint density at radius 2 is 1.63 bits per heavy atom. The smallest absolute Gasteiger partial charge is 0.416 e. The van der Waals surface area contributed by atoms with Crippen molar-refractivity contribution in [2.45, 2.75) is 13.1 Å². The van der Waals surface area contributed by atoms with E-state index in [4.69, 9.17) is 9.15 Å². The Morgan fingerprint density at radius 1 is 0.967 bits per heavy atom. The van der Waals surface area contributed by atoms with Gasteiger partial charge in [0.1, 0.15) is 11.3 Å². The first-order chi connectivity index (χ1) is 14.2. The summed E-state index contributed by atoms with van der Waals surface area (Å²) in [5.74, 6) is -0.248. The molecular formula is C21H12F3NO5. The molecule has 0 aliphatic heterocycles. The lowest BCUT2D eigenvalue weighted by Crippen LogP contribution is -2.06. The van der Waals surface area contributed by atoms with Gasteiger partial charge in [0, 0.05) is 17.0 Å². The van der Waals surface area contributed by atoms with Gasteiger partial charge in [-0.15, -0.1) is 0 Å². The number of aryl methyl sites for hydroxylation is 1. The fourth-order valence-corrected chi connectivity index (χ4v) is 3.21. The highest BCUT2D eigenvalue weighted by Gasteiger charge is 2.33. The molecule has 30 heavy (non-hydrogen) atoms. The summed E-state index contributed by atoms with van der Waals surface area (Å²) < 4.78 is 49.6. The SMILES string of the molecule is Cc1c(Oc2ccc(C(F)(F)F)cc2[N+](=O)[O-])ccc2c1oc(=O)c1ccccc12. The van der Waals surface area contributed by atoms with Crippen molar-refractivity contribution >= 4 is 27.4 Å². The largest absolute Gasteiger partial charge is 0.450 e. The fraction of sp³-hybridized carbons (Fsp3) is 0.0952. The number of ether oxygens (including phenoxy) is 1. The second-order valence-electron chi connectivity index (χ2n) is 6.54. The van der Waals surface area contributed by atoms with Crippen molar-refractivity contribution in [3.8, 4) is 11.5 Å². The molecule has 0 aliphatic carbocycles. The summed E-state index contributed by atoms with van der Waals surface area (Å²) in [5.41, 5.74) is -1.94. The minimum absolute atomic E-state index is 0.115. The summed E-state index contributed by atoms with van der Waals surface area (Å²) >= 11 is 0. The van der Waals surface area contributed by atoms with Crippen molar-refractivity contribution in [1.29, 1.82) is 0 Å². The van der Waals surface area contributed by atoms with Gasteiger partial charge in [0.05, 0.1) is 15.9 Å². The van der Waals surface area contributed by atoms with Gasteiger partial charge in [0.2, 0.25) is 5.75 Å². The maximum atomic E-state index is 12.9. The molecule has 0 radical (unpaired) electrons. The molecule has 0 spiro atoms. The molecule has 6 nitrogen and oxygen atoms in total. The monoisotopic (exact) mass is 415 g/mol. The molecule has 0 fully saturated rings. The van der Waals surface area contributed by atoms with E-state index >= 15 is 0 Å². The highest BCUT2D eigenvalue weighted by Crippen LogP contribution is 2.39. The van der Waals surface area contributed by atoms with Crippen LogP contribution >= 0.6 is 0 Å². The summed E-state index contributed by atoms with van der Waals surface area (Å²) in [5, 5.41) is 13.0. The highest BCUT2D eigenvalue weighted by atomic mass is 19.4. The Kier molecular flexibility index (Phi) is 4.45. The molecule has 3 aromatic carbocycles. The summed E-state index contributed by atoms with van der Waals surface area (Å²) in [7, 11) is 0. The molecule has 0 atom stereocenters. The van der Waals surface area contributed by atoms with Gasteiger partial charge in [-0.3, -0.25) is 10.1 Å². The minimum Gasteiger partial charge on any atom is -0.450 e. The van der Waals surface area contributed by atoms with Crippen molar-refractivity contribution in [2.24, 2.45) is 0 Å². The van der Waals surface area contributed by atoms with Gasteiger partial charge in [-0.1, -0.05) is 18.2 Å². The number of benzene rings is 3. The van der Waals surface area contributed by atoms with Crippen LogP contribution in [-0.4, -0.2) is 4.92 Å². The zero-order valence-electron chi connectivity index (χ0n) is 15.3. The van der Waals surface area contributed by atoms with Crippen molar-refractivity contribution in [1.82, 2.24) is 0 Å². The van der Waals surface area contributed by atoms with Gasteiger partial charge in [-0.05, 0) is 42.6 Å². The number of nitro groups is 1. The molecule has 4 aromatic rings. The number of nitrogens with zero attached hydrogens (tertiary/aromatic N) is 1. The maximum absolute atomic E-state index is 12.9. The molecule has 9 heteroatoms. The lowest BCUT2D eigenvalue weighted by molar-refractivity contribution is -0.385. The molecule has 152 valence electrons. The van der Waals surface area contributed by atoms with Gasteiger partial charge < -0.3 is 9.15 Å². The van der Waals surface area contributed by atoms with Crippen LogP contribution in [0.5, 0.6) is 11.5 Å². The van der Waals surface area contributed by atoms with E-state index in [-0.39, 0.29) is 17.1 Å². The molecule has 1 aromatic heterocycles. The number of hydrogen-bond donors (Lipinski definition) is 0. The first-order valence-corrected chi connectivity index (χ1v) is 8.65. The third-order valence-corrected chi connectivity index (χ3v) is 4.69. The van der Waals surface area contributed by atoms with Crippen LogP contribution in [0.3, 0.4) is 0 Å². The van der Waals surface area contributed by atoms with Gasteiger partial charge in [0.25, 0.3) is 0 Å². The first kappa shape index (κ1) is 19.4. The number of hydrogen-bond acceptors (Lipinski definition) is 5. The van der Waals surface area contributed by atoms with Crippen LogP contribution < -0.4 is 10.4 Å². The van der Waals surface area contributed by atoms with Gasteiger partial charge in [0.15, 0.2) is 0 Å². The number of nitro benzene ring substituents is 1. The van der Waals surface area contributed by atoms with E-state index < -0.39 is 28.0 Å². The normalized spacial score (nSPS) is 11.7. The van der Waals surface area contributed by atoms with Gasteiger partial charge in [-0.2, -0.15) is 13.2 Å². The summed E-state index contributed by atoms with van der Waals surface area (Å²) in [6.45, 7) is 1.59. The van der Waals surface area contributed by atoms with E-state index in [1.54, 1.807) is 37.3 Å². The molecule has 0 unspecified atom stereocenters. The molecule has 0 saturated carbocycles. The molecule has 0 saturated heterocycles. The van der Waals surface area contributed by atoms with E-state index in [2.05, 4.69) is 0 Å². The average Bonchev–Trinajstić information content (AvgIpc) is 2.70. The van der Waals surface area contributed by atoms with Crippen LogP contribution in [0.15, 0.2) is 63.8 Å². The van der Waals surface area contributed by atoms with Gasteiger partial charge >= 0.3 is 17.5 Å². The van der Waals surface area contributed by atoms with Crippen LogP contribution in [0.25, 0.3) is 21.7 Å². The minimum atomic E-state index is -4.73. The van der Waals surface area contributed by atoms with E-state index in [9.17, 15) is 28.1 Å². The van der Waals surface area contributed by atoms with Crippen molar-refractivity contribution < 1.29 is 27.2 Å². The van der Waals surface area contributed by atoms with E-state index in [0.717, 1.165) is 6.07 Å². The third kappa shape index (κ3) is 3.24. The summed E-state index contributed by atoms with van der Waals surface area (Å²) in [6.07, 6.45) is -4.73. The van der Waals surface area contributed by atoms with Crippen molar-refractivity contribution in [3.05, 3.63) is 86.3 Å². The average molecular weight is 415 g/mol. The lowest BCUT2D eigenvalue weighted by Gasteiger charge is -2.13. The lowest BCUT2D eigenvalue weighted by atomic mass is 10.0. The standard InChI is InChI=1S/C21H12F3NO5/c1-11-17(29-18-8-6-12(21(22,23)24)10-16(18)25(27)28)9-7-14-13-4-2-3-5-15(13)20(26)30-19(11)14/h2-10H,1H3. The fourth-order valence-electron chi connectivity index (χ4n) is 3.21. The second kappa shape index (κ2) is 6.87. The number of alkyl halides is 3. The number of rotatable bonds is 3. The number of halogens is 3. The Morgan fingerprint density at radius 3 is 2.30 bits per heavy atom. The molecule has 0 N–H and O–H groups in total. The topological polar surface area (TPSA) is 82.6 Å². The molecular weight excluding hydrogens is 403 g/mol. The predicted octanol–water partition coefficient (Wildman–Crippen LogP) is 5.97. The third-order valence-electron chi connectivity index (χ3n) is 4.69. The summed E-state index contributed by atoms with van der Waals surface area (Å²) in [6, 6.07) is 12.0. The Bertz CT molecular complexity index is 1380. The van der Waals surface area contributed by atoms with Crippen LogP contribution in [-0.2, 0) is 6.18 Å².